The van der Waals surface area contributed by atoms with E-state index in [1.54, 1.807) is 11.8 Å². The fourth-order valence-electron chi connectivity index (χ4n) is 1.61. The Hall–Kier alpha value is -1.20. The molecular weight excluding hydrogens is 272 g/mol. The summed E-state index contributed by atoms with van der Waals surface area (Å²) < 4.78 is 0. The van der Waals surface area contributed by atoms with Crippen LogP contribution in [0.25, 0.3) is 0 Å². The van der Waals surface area contributed by atoms with Gasteiger partial charge < -0.3 is 15.7 Å². The van der Waals surface area contributed by atoms with E-state index < -0.39 is 6.10 Å². The van der Waals surface area contributed by atoms with E-state index in [-0.39, 0.29) is 18.5 Å². The Bertz CT molecular complexity index is 438. The second kappa shape index (κ2) is 8.17. The van der Waals surface area contributed by atoms with E-state index in [2.05, 4.69) is 23.8 Å². The van der Waals surface area contributed by atoms with E-state index in [1.165, 1.54) is 5.56 Å². The van der Waals surface area contributed by atoms with Crippen molar-refractivity contribution in [1.82, 2.24) is 5.32 Å². The third-order valence-corrected chi connectivity index (χ3v) is 4.19. The molecule has 112 valence electrons. The minimum absolute atomic E-state index is 0.126. The van der Waals surface area contributed by atoms with E-state index in [1.807, 2.05) is 38.1 Å². The van der Waals surface area contributed by atoms with E-state index in [0.29, 0.717) is 5.25 Å². The summed E-state index contributed by atoms with van der Waals surface area (Å²) in [5.41, 5.74) is 1.94. The predicted octanol–water partition coefficient (Wildman–Crippen LogP) is 3.25. The molecule has 0 heterocycles. The summed E-state index contributed by atoms with van der Waals surface area (Å²) in [4.78, 5) is 11.8. The van der Waals surface area contributed by atoms with Gasteiger partial charge in [-0.05, 0) is 36.8 Å². The number of carbonyl (C=O) groups is 1. The Morgan fingerprint density at radius 2 is 2.05 bits per heavy atom. The molecule has 0 aliphatic heterocycles. The summed E-state index contributed by atoms with van der Waals surface area (Å²) in [6.45, 7) is 6.21. The van der Waals surface area contributed by atoms with Crippen LogP contribution < -0.4 is 10.6 Å². The number of urea groups is 1. The minimum Gasteiger partial charge on any atom is -0.391 e. The molecule has 2 atom stereocenters. The van der Waals surface area contributed by atoms with Gasteiger partial charge in [-0.15, -0.1) is 0 Å². The number of aliphatic hydroxyl groups excluding tert-OH is 1. The number of carbonyl (C=O) groups excluding carboxylic acids is 1. The van der Waals surface area contributed by atoms with Crippen LogP contribution >= 0.6 is 11.8 Å². The number of anilines is 1. The van der Waals surface area contributed by atoms with E-state index in [4.69, 9.17) is 0 Å². The lowest BCUT2D eigenvalue weighted by molar-refractivity contribution is 0.126. The zero-order chi connectivity index (χ0) is 15.1. The van der Waals surface area contributed by atoms with Gasteiger partial charge in [0.05, 0.1) is 6.10 Å². The molecule has 2 amide bonds. The van der Waals surface area contributed by atoms with Gasteiger partial charge in [0.2, 0.25) is 0 Å². The molecule has 0 spiro atoms. The van der Waals surface area contributed by atoms with E-state index >= 15 is 0 Å². The zero-order valence-electron chi connectivity index (χ0n) is 12.5. The van der Waals surface area contributed by atoms with Crippen LogP contribution in [-0.4, -0.2) is 30.0 Å². The maximum Gasteiger partial charge on any atom is 0.319 e. The van der Waals surface area contributed by atoms with Crippen LogP contribution in [0.1, 0.15) is 31.6 Å². The molecule has 0 saturated carbocycles. The standard InChI is InChI=1S/C15H24N2O2S/c1-10(2)14(18)9-16-15(19)17-13-7-5-6-12(8-13)11(3)20-4/h5-8,10-11,14,18H,9H2,1-4H3,(H2,16,17,19)/t11-,14-/m0/s1. The monoisotopic (exact) mass is 296 g/mol. The first-order valence-corrected chi connectivity index (χ1v) is 8.08. The number of nitrogens with one attached hydrogen (secondary N) is 2. The molecule has 1 aromatic carbocycles. The third-order valence-electron chi connectivity index (χ3n) is 3.21. The van der Waals surface area contributed by atoms with Gasteiger partial charge in [0, 0.05) is 17.5 Å². The van der Waals surface area contributed by atoms with Crippen molar-refractivity contribution >= 4 is 23.5 Å². The van der Waals surface area contributed by atoms with Crippen molar-refractivity contribution in [1.29, 1.82) is 0 Å². The van der Waals surface area contributed by atoms with Gasteiger partial charge in [0.1, 0.15) is 0 Å². The lowest BCUT2D eigenvalue weighted by Crippen LogP contribution is -2.37. The first kappa shape index (κ1) is 16.9. The maximum absolute atomic E-state index is 11.8. The fourth-order valence-corrected chi connectivity index (χ4v) is 2.03. The lowest BCUT2D eigenvalue weighted by Gasteiger charge is -2.16. The van der Waals surface area contributed by atoms with Gasteiger partial charge in [-0.2, -0.15) is 11.8 Å². The predicted molar refractivity (Wildman–Crippen MR) is 86.2 cm³/mol. The highest BCUT2D eigenvalue weighted by molar-refractivity contribution is 7.98. The van der Waals surface area contributed by atoms with Crippen LogP contribution in [0, 0.1) is 5.92 Å². The van der Waals surface area contributed by atoms with Gasteiger partial charge in [0.25, 0.3) is 0 Å². The molecule has 0 aliphatic rings. The number of hydrogen-bond acceptors (Lipinski definition) is 3. The topological polar surface area (TPSA) is 61.4 Å². The van der Waals surface area contributed by atoms with Gasteiger partial charge in [0.15, 0.2) is 0 Å². The summed E-state index contributed by atoms with van der Waals surface area (Å²) in [6, 6.07) is 7.51. The lowest BCUT2D eigenvalue weighted by atomic mass is 10.1. The van der Waals surface area contributed by atoms with Crippen molar-refractivity contribution in [2.75, 3.05) is 18.1 Å². The second-order valence-corrected chi connectivity index (χ2v) is 6.33. The number of amides is 2. The quantitative estimate of drug-likeness (QED) is 0.755. The molecule has 0 aromatic heterocycles. The van der Waals surface area contributed by atoms with Crippen LogP contribution in [0.5, 0.6) is 0 Å². The molecular formula is C15H24N2O2S. The summed E-state index contributed by atoms with van der Waals surface area (Å²) in [7, 11) is 0. The summed E-state index contributed by atoms with van der Waals surface area (Å²) >= 11 is 1.76. The van der Waals surface area contributed by atoms with Crippen LogP contribution in [0.15, 0.2) is 24.3 Å². The molecule has 0 bridgehead atoms. The smallest absolute Gasteiger partial charge is 0.319 e. The van der Waals surface area contributed by atoms with Crippen molar-refractivity contribution in [3.8, 4) is 0 Å². The minimum atomic E-state index is -0.524. The number of aliphatic hydroxyl groups is 1. The average molecular weight is 296 g/mol. The molecule has 3 N–H and O–H groups in total. The molecule has 0 fully saturated rings. The second-order valence-electron chi connectivity index (χ2n) is 5.15. The molecule has 5 heteroatoms. The third kappa shape index (κ3) is 5.43. The first-order chi connectivity index (χ1) is 9.43. The molecule has 0 aliphatic carbocycles. The van der Waals surface area contributed by atoms with Gasteiger partial charge in [-0.1, -0.05) is 26.0 Å². The number of rotatable bonds is 6. The Kier molecular flexibility index (Phi) is 6.88. The van der Waals surface area contributed by atoms with Crippen molar-refractivity contribution in [3.05, 3.63) is 29.8 Å². The zero-order valence-corrected chi connectivity index (χ0v) is 13.3. The van der Waals surface area contributed by atoms with Gasteiger partial charge >= 0.3 is 6.03 Å². The number of hydrogen-bond donors (Lipinski definition) is 3. The highest BCUT2D eigenvalue weighted by Gasteiger charge is 2.11. The SMILES string of the molecule is CS[C@@H](C)c1cccc(NC(=O)NC[C@H](O)C(C)C)c1. The van der Waals surface area contributed by atoms with E-state index in [9.17, 15) is 9.90 Å². The van der Waals surface area contributed by atoms with Crippen LogP contribution in [-0.2, 0) is 0 Å². The highest BCUT2D eigenvalue weighted by atomic mass is 32.2. The molecule has 0 radical (unpaired) electrons. The average Bonchev–Trinajstić information content (AvgIpc) is 2.43. The largest absolute Gasteiger partial charge is 0.391 e. The Morgan fingerprint density at radius 1 is 1.35 bits per heavy atom. The van der Waals surface area contributed by atoms with Crippen molar-refractivity contribution in [2.24, 2.45) is 5.92 Å². The summed E-state index contributed by atoms with van der Waals surface area (Å²) in [6.07, 6.45) is 1.54. The first-order valence-electron chi connectivity index (χ1n) is 6.79. The summed E-state index contributed by atoms with van der Waals surface area (Å²) in [5, 5.41) is 15.5. The van der Waals surface area contributed by atoms with Crippen molar-refractivity contribution < 1.29 is 9.90 Å². The van der Waals surface area contributed by atoms with E-state index in [0.717, 1.165) is 5.69 Å². The van der Waals surface area contributed by atoms with Crippen LogP contribution in [0.3, 0.4) is 0 Å². The van der Waals surface area contributed by atoms with Crippen molar-refractivity contribution in [2.45, 2.75) is 32.1 Å². The number of thioether (sulfide) groups is 1. The fraction of sp³-hybridized carbons (Fsp3) is 0.533. The molecule has 4 nitrogen and oxygen atoms in total. The van der Waals surface area contributed by atoms with Gasteiger partial charge in [-0.25, -0.2) is 4.79 Å². The molecule has 1 aromatic rings. The maximum atomic E-state index is 11.8. The normalized spacial score (nSPS) is 13.9. The highest BCUT2D eigenvalue weighted by Crippen LogP contribution is 2.27. The van der Waals surface area contributed by atoms with Crippen LogP contribution in [0.4, 0.5) is 10.5 Å². The summed E-state index contributed by atoms with van der Waals surface area (Å²) in [5.74, 6) is 0.126. The van der Waals surface area contributed by atoms with Crippen molar-refractivity contribution in [3.63, 3.8) is 0 Å². The Labute approximate surface area is 125 Å². The Balaban J connectivity index is 2.54. The number of benzene rings is 1. The molecule has 20 heavy (non-hydrogen) atoms. The molecule has 0 saturated heterocycles. The van der Waals surface area contributed by atoms with Crippen LogP contribution in [0.2, 0.25) is 0 Å². The Morgan fingerprint density at radius 3 is 2.65 bits per heavy atom. The molecule has 1 rings (SSSR count). The van der Waals surface area contributed by atoms with Gasteiger partial charge in [-0.3, -0.25) is 0 Å². The molecule has 0 unspecified atom stereocenters.